The van der Waals surface area contributed by atoms with E-state index in [-0.39, 0.29) is 17.7 Å². The van der Waals surface area contributed by atoms with Crippen molar-refractivity contribution in [2.45, 2.75) is 26.0 Å². The second kappa shape index (κ2) is 8.41. The summed E-state index contributed by atoms with van der Waals surface area (Å²) in [5, 5.41) is 15.3. The van der Waals surface area contributed by atoms with Gasteiger partial charge in [-0.3, -0.25) is 4.98 Å². The largest absolute Gasteiger partial charge is 0.505 e. The first kappa shape index (κ1) is 19.7. The molecule has 0 amide bonds. The standard InChI is InChI=1S/C25H23FN2O2/c1-16(2)30-21-12-10-20(11-13-21)28-23(18-5-8-19(26)9-6-18)22-14-7-17-4-3-15-27-24(17)25(22)29/h3-16,23,28-29H,1-2H3. The molecule has 5 heteroatoms. The SMILES string of the molecule is CC(C)Oc1ccc(NC(c2ccc(F)cc2)c2ccc3cccnc3c2O)cc1. The predicted molar refractivity (Wildman–Crippen MR) is 117 cm³/mol. The van der Waals surface area contributed by atoms with Crippen LogP contribution in [-0.4, -0.2) is 16.2 Å². The van der Waals surface area contributed by atoms with E-state index in [9.17, 15) is 9.50 Å². The normalized spacial score (nSPS) is 12.1. The first-order valence-electron chi connectivity index (χ1n) is 9.86. The van der Waals surface area contributed by atoms with Crippen LogP contribution in [0.15, 0.2) is 79.0 Å². The molecule has 4 aromatic rings. The minimum Gasteiger partial charge on any atom is -0.505 e. The molecule has 1 aromatic heterocycles. The number of aromatic nitrogens is 1. The van der Waals surface area contributed by atoms with Crippen molar-refractivity contribution >= 4 is 16.6 Å². The zero-order chi connectivity index (χ0) is 21.1. The lowest BCUT2D eigenvalue weighted by atomic mass is 9.96. The molecule has 4 rings (SSSR count). The number of anilines is 1. The molecular formula is C25H23FN2O2. The van der Waals surface area contributed by atoms with E-state index in [0.29, 0.717) is 11.1 Å². The van der Waals surface area contributed by atoms with E-state index in [1.54, 1.807) is 18.3 Å². The molecule has 0 aliphatic heterocycles. The third kappa shape index (κ3) is 4.20. The third-order valence-corrected chi connectivity index (χ3v) is 4.83. The second-order valence-electron chi connectivity index (χ2n) is 7.40. The van der Waals surface area contributed by atoms with Crippen molar-refractivity contribution in [2.24, 2.45) is 0 Å². The lowest BCUT2D eigenvalue weighted by Gasteiger charge is -2.23. The molecule has 0 bridgehead atoms. The fourth-order valence-electron chi connectivity index (χ4n) is 3.44. The van der Waals surface area contributed by atoms with Crippen LogP contribution in [0.3, 0.4) is 0 Å². The summed E-state index contributed by atoms with van der Waals surface area (Å²) in [7, 11) is 0. The summed E-state index contributed by atoms with van der Waals surface area (Å²) >= 11 is 0. The summed E-state index contributed by atoms with van der Waals surface area (Å²) in [6, 6.07) is 21.0. The number of phenolic OH excluding ortho intramolecular Hbond substituents is 1. The number of ether oxygens (including phenoxy) is 1. The van der Waals surface area contributed by atoms with Crippen molar-refractivity contribution in [1.29, 1.82) is 0 Å². The van der Waals surface area contributed by atoms with E-state index >= 15 is 0 Å². The van der Waals surface area contributed by atoms with Gasteiger partial charge in [0.25, 0.3) is 0 Å². The molecule has 30 heavy (non-hydrogen) atoms. The van der Waals surface area contributed by atoms with Crippen molar-refractivity contribution in [1.82, 2.24) is 4.98 Å². The minimum atomic E-state index is -0.395. The molecule has 0 aliphatic rings. The van der Waals surface area contributed by atoms with Gasteiger partial charge < -0.3 is 15.2 Å². The highest BCUT2D eigenvalue weighted by atomic mass is 19.1. The summed E-state index contributed by atoms with van der Waals surface area (Å²) in [6.45, 7) is 3.96. The lowest BCUT2D eigenvalue weighted by molar-refractivity contribution is 0.242. The number of nitrogens with zero attached hydrogens (tertiary/aromatic N) is 1. The number of aromatic hydroxyl groups is 1. The number of benzene rings is 3. The Bertz CT molecular complexity index is 1140. The van der Waals surface area contributed by atoms with E-state index in [1.165, 1.54) is 12.1 Å². The summed E-state index contributed by atoms with van der Waals surface area (Å²) in [5.74, 6) is 0.582. The monoisotopic (exact) mass is 402 g/mol. The smallest absolute Gasteiger partial charge is 0.147 e. The molecule has 0 aliphatic carbocycles. The second-order valence-corrected chi connectivity index (χ2v) is 7.40. The quantitative estimate of drug-likeness (QED) is 0.411. The average Bonchev–Trinajstić information content (AvgIpc) is 2.74. The molecule has 1 atom stereocenters. The molecular weight excluding hydrogens is 379 g/mol. The van der Waals surface area contributed by atoms with Gasteiger partial charge in [-0.1, -0.05) is 30.3 Å². The van der Waals surface area contributed by atoms with Gasteiger partial charge in [-0.2, -0.15) is 0 Å². The minimum absolute atomic E-state index is 0.0952. The summed E-state index contributed by atoms with van der Waals surface area (Å²) in [6.07, 6.45) is 1.75. The van der Waals surface area contributed by atoms with Crippen LogP contribution < -0.4 is 10.1 Å². The molecule has 0 fully saturated rings. The van der Waals surface area contributed by atoms with E-state index in [4.69, 9.17) is 4.74 Å². The average molecular weight is 402 g/mol. The Morgan fingerprint density at radius 3 is 2.37 bits per heavy atom. The Hall–Kier alpha value is -3.60. The van der Waals surface area contributed by atoms with Gasteiger partial charge in [-0.15, -0.1) is 0 Å². The Morgan fingerprint density at radius 1 is 0.933 bits per heavy atom. The summed E-state index contributed by atoms with van der Waals surface area (Å²) < 4.78 is 19.2. The van der Waals surface area contributed by atoms with Gasteiger partial charge in [0.2, 0.25) is 0 Å². The maximum absolute atomic E-state index is 13.5. The van der Waals surface area contributed by atoms with Crippen LogP contribution in [0.25, 0.3) is 10.9 Å². The van der Waals surface area contributed by atoms with Gasteiger partial charge in [-0.25, -0.2) is 4.39 Å². The number of pyridine rings is 1. The Morgan fingerprint density at radius 2 is 1.67 bits per heavy atom. The molecule has 0 spiro atoms. The molecule has 152 valence electrons. The maximum Gasteiger partial charge on any atom is 0.147 e. The Kier molecular flexibility index (Phi) is 5.53. The van der Waals surface area contributed by atoms with Crippen LogP contribution >= 0.6 is 0 Å². The number of fused-ring (bicyclic) bond motifs is 1. The number of hydrogen-bond acceptors (Lipinski definition) is 4. The summed E-state index contributed by atoms with van der Waals surface area (Å²) in [4.78, 5) is 4.32. The molecule has 1 heterocycles. The van der Waals surface area contributed by atoms with Crippen molar-refractivity contribution in [3.8, 4) is 11.5 Å². The van der Waals surface area contributed by atoms with Gasteiger partial charge in [0, 0.05) is 22.8 Å². The van der Waals surface area contributed by atoms with Crippen molar-refractivity contribution in [3.63, 3.8) is 0 Å². The number of halogens is 1. The molecule has 4 nitrogen and oxygen atoms in total. The molecule has 0 saturated heterocycles. The maximum atomic E-state index is 13.5. The van der Waals surface area contributed by atoms with Gasteiger partial charge in [-0.05, 0) is 61.9 Å². The first-order valence-corrected chi connectivity index (χ1v) is 9.86. The molecule has 0 saturated carbocycles. The van der Waals surface area contributed by atoms with Gasteiger partial charge >= 0.3 is 0 Å². The first-order chi connectivity index (χ1) is 14.5. The van der Waals surface area contributed by atoms with Crippen LogP contribution in [0.1, 0.15) is 31.0 Å². The summed E-state index contributed by atoms with van der Waals surface area (Å²) in [5.41, 5.74) is 2.87. The molecule has 1 unspecified atom stereocenters. The Labute approximate surface area is 175 Å². The van der Waals surface area contributed by atoms with Gasteiger partial charge in [0.15, 0.2) is 0 Å². The zero-order valence-corrected chi connectivity index (χ0v) is 16.8. The fraction of sp³-hybridized carbons (Fsp3) is 0.160. The Balaban J connectivity index is 1.74. The van der Waals surface area contributed by atoms with Crippen LogP contribution in [0.2, 0.25) is 0 Å². The van der Waals surface area contributed by atoms with Crippen LogP contribution in [0.4, 0.5) is 10.1 Å². The fourth-order valence-corrected chi connectivity index (χ4v) is 3.44. The molecule has 2 N–H and O–H groups in total. The number of nitrogens with one attached hydrogen (secondary N) is 1. The van der Waals surface area contributed by atoms with Crippen LogP contribution in [0, 0.1) is 5.82 Å². The van der Waals surface area contributed by atoms with Gasteiger partial charge in [0.1, 0.15) is 22.8 Å². The number of phenols is 1. The highest BCUT2D eigenvalue weighted by molar-refractivity contribution is 5.86. The highest BCUT2D eigenvalue weighted by Gasteiger charge is 2.20. The lowest BCUT2D eigenvalue weighted by Crippen LogP contribution is -2.13. The molecule has 3 aromatic carbocycles. The van der Waals surface area contributed by atoms with E-state index < -0.39 is 6.04 Å². The van der Waals surface area contributed by atoms with Crippen molar-refractivity contribution in [3.05, 3.63) is 95.9 Å². The number of rotatable bonds is 6. The van der Waals surface area contributed by atoms with E-state index in [1.807, 2.05) is 62.4 Å². The van der Waals surface area contributed by atoms with Gasteiger partial charge in [0.05, 0.1) is 12.1 Å². The molecule has 0 radical (unpaired) electrons. The third-order valence-electron chi connectivity index (χ3n) is 4.83. The van der Waals surface area contributed by atoms with E-state index in [2.05, 4.69) is 10.3 Å². The van der Waals surface area contributed by atoms with Crippen LogP contribution in [-0.2, 0) is 0 Å². The topological polar surface area (TPSA) is 54.4 Å². The van der Waals surface area contributed by atoms with Crippen LogP contribution in [0.5, 0.6) is 11.5 Å². The van der Waals surface area contributed by atoms with E-state index in [0.717, 1.165) is 22.4 Å². The predicted octanol–water partition coefficient (Wildman–Crippen LogP) is 6.07. The highest BCUT2D eigenvalue weighted by Crippen LogP contribution is 2.36. The van der Waals surface area contributed by atoms with Crippen molar-refractivity contribution < 1.29 is 14.2 Å². The number of hydrogen-bond donors (Lipinski definition) is 2. The zero-order valence-electron chi connectivity index (χ0n) is 16.8. The van der Waals surface area contributed by atoms with Crippen molar-refractivity contribution in [2.75, 3.05) is 5.32 Å².